The Hall–Kier alpha value is -0.530. The number of rotatable bonds is 3. The van der Waals surface area contributed by atoms with E-state index in [1.165, 1.54) is 11.1 Å². The fourth-order valence-electron chi connectivity index (χ4n) is 1.19. The molecule has 0 aromatic heterocycles. The van der Waals surface area contributed by atoms with E-state index in [1.54, 1.807) is 0 Å². The first kappa shape index (κ1) is 9.56. The predicted molar refractivity (Wildman–Crippen MR) is 53.6 cm³/mol. The van der Waals surface area contributed by atoms with Crippen molar-refractivity contribution in [1.29, 1.82) is 0 Å². The zero-order valence-corrected chi connectivity index (χ0v) is 8.06. The van der Waals surface area contributed by atoms with E-state index in [1.807, 2.05) is 12.1 Å². The number of hydrogen-bond donors (Lipinski definition) is 1. The van der Waals surface area contributed by atoms with Crippen molar-refractivity contribution >= 4 is 11.6 Å². The second-order valence-corrected chi connectivity index (χ2v) is 3.39. The zero-order valence-electron chi connectivity index (χ0n) is 7.31. The summed E-state index contributed by atoms with van der Waals surface area (Å²) in [5.41, 5.74) is 7.89. The number of halogens is 1. The van der Waals surface area contributed by atoms with Crippen molar-refractivity contribution in [2.24, 2.45) is 5.73 Å². The van der Waals surface area contributed by atoms with Crippen molar-refractivity contribution in [2.45, 2.75) is 19.8 Å². The highest BCUT2D eigenvalue weighted by Gasteiger charge is 1.98. The van der Waals surface area contributed by atoms with E-state index < -0.39 is 0 Å². The smallest absolute Gasteiger partial charge is 0.0438 e. The fraction of sp³-hybridized carbons (Fsp3) is 0.400. The van der Waals surface area contributed by atoms with Gasteiger partial charge in [0.15, 0.2) is 0 Å². The Kier molecular flexibility index (Phi) is 3.57. The first-order valence-electron chi connectivity index (χ1n) is 4.19. The summed E-state index contributed by atoms with van der Waals surface area (Å²) < 4.78 is 0. The number of benzene rings is 1. The van der Waals surface area contributed by atoms with Crippen LogP contribution in [0.1, 0.15) is 17.5 Å². The molecule has 66 valence electrons. The Morgan fingerprint density at radius 3 is 2.83 bits per heavy atom. The molecule has 1 nitrogen and oxygen atoms in total. The van der Waals surface area contributed by atoms with Gasteiger partial charge in [-0.3, -0.25) is 0 Å². The lowest BCUT2D eigenvalue weighted by atomic mass is 10.1. The highest BCUT2D eigenvalue weighted by molar-refractivity contribution is 6.31. The molecule has 0 spiro atoms. The van der Waals surface area contributed by atoms with Crippen LogP contribution in [0.2, 0.25) is 5.02 Å². The monoisotopic (exact) mass is 183 g/mol. The van der Waals surface area contributed by atoms with Crippen molar-refractivity contribution < 1.29 is 0 Å². The second-order valence-electron chi connectivity index (χ2n) is 2.99. The van der Waals surface area contributed by atoms with E-state index in [-0.39, 0.29) is 0 Å². The maximum Gasteiger partial charge on any atom is 0.0438 e. The van der Waals surface area contributed by atoms with Gasteiger partial charge in [0.1, 0.15) is 0 Å². The number of aryl methyl sites for hydroxylation is 2. The quantitative estimate of drug-likeness (QED) is 0.766. The third kappa shape index (κ3) is 2.50. The molecule has 0 radical (unpaired) electrons. The lowest BCUT2D eigenvalue weighted by Crippen LogP contribution is -2.00. The van der Waals surface area contributed by atoms with E-state index in [2.05, 4.69) is 13.0 Å². The van der Waals surface area contributed by atoms with E-state index in [9.17, 15) is 0 Å². The first-order chi connectivity index (χ1) is 5.74. The summed E-state index contributed by atoms with van der Waals surface area (Å²) in [5.74, 6) is 0. The molecule has 0 aliphatic heterocycles. The Balaban J connectivity index is 2.75. The summed E-state index contributed by atoms with van der Waals surface area (Å²) >= 11 is 5.99. The SMILES string of the molecule is Cc1ccc(Cl)c(CCCN)c1. The van der Waals surface area contributed by atoms with Gasteiger partial charge in [-0.2, -0.15) is 0 Å². The van der Waals surface area contributed by atoms with Gasteiger partial charge in [0, 0.05) is 5.02 Å². The molecule has 1 aromatic carbocycles. The summed E-state index contributed by atoms with van der Waals surface area (Å²) in [4.78, 5) is 0. The largest absolute Gasteiger partial charge is 0.330 e. The van der Waals surface area contributed by atoms with Gasteiger partial charge >= 0.3 is 0 Å². The lowest BCUT2D eigenvalue weighted by Gasteiger charge is -2.03. The van der Waals surface area contributed by atoms with Crippen LogP contribution in [-0.2, 0) is 6.42 Å². The Bertz CT molecular complexity index is 258. The van der Waals surface area contributed by atoms with Crippen molar-refractivity contribution in [3.63, 3.8) is 0 Å². The lowest BCUT2D eigenvalue weighted by molar-refractivity contribution is 0.832. The average Bonchev–Trinajstić information content (AvgIpc) is 2.07. The molecular weight excluding hydrogens is 170 g/mol. The van der Waals surface area contributed by atoms with Gasteiger partial charge in [-0.25, -0.2) is 0 Å². The van der Waals surface area contributed by atoms with Gasteiger partial charge in [0.2, 0.25) is 0 Å². The van der Waals surface area contributed by atoms with Crippen LogP contribution in [0.5, 0.6) is 0 Å². The molecule has 1 aromatic rings. The van der Waals surface area contributed by atoms with Crippen LogP contribution in [0.15, 0.2) is 18.2 Å². The molecule has 2 heteroatoms. The zero-order chi connectivity index (χ0) is 8.97. The molecule has 0 saturated heterocycles. The van der Waals surface area contributed by atoms with Gasteiger partial charge in [0.05, 0.1) is 0 Å². The minimum atomic E-state index is 0.726. The van der Waals surface area contributed by atoms with Gasteiger partial charge < -0.3 is 5.73 Å². The van der Waals surface area contributed by atoms with E-state index in [0.29, 0.717) is 0 Å². The van der Waals surface area contributed by atoms with Crippen LogP contribution < -0.4 is 5.73 Å². The van der Waals surface area contributed by atoms with Crippen molar-refractivity contribution in [1.82, 2.24) is 0 Å². The van der Waals surface area contributed by atoms with Crippen LogP contribution in [-0.4, -0.2) is 6.54 Å². The van der Waals surface area contributed by atoms with Crippen LogP contribution in [0.3, 0.4) is 0 Å². The molecule has 0 fully saturated rings. The Morgan fingerprint density at radius 2 is 2.17 bits per heavy atom. The fourth-order valence-corrected chi connectivity index (χ4v) is 1.40. The van der Waals surface area contributed by atoms with E-state index in [0.717, 1.165) is 24.4 Å². The Labute approximate surface area is 78.5 Å². The summed E-state index contributed by atoms with van der Waals surface area (Å²) in [6.07, 6.45) is 1.99. The molecule has 1 rings (SSSR count). The Morgan fingerprint density at radius 1 is 1.42 bits per heavy atom. The highest BCUT2D eigenvalue weighted by atomic mass is 35.5. The molecule has 0 bridgehead atoms. The van der Waals surface area contributed by atoms with Crippen molar-refractivity contribution in [2.75, 3.05) is 6.54 Å². The minimum Gasteiger partial charge on any atom is -0.330 e. The summed E-state index contributed by atoms with van der Waals surface area (Å²) in [6.45, 7) is 2.80. The highest BCUT2D eigenvalue weighted by Crippen LogP contribution is 2.18. The summed E-state index contributed by atoms with van der Waals surface area (Å²) in [6, 6.07) is 6.09. The molecular formula is C10H14ClN. The maximum atomic E-state index is 5.99. The maximum absolute atomic E-state index is 5.99. The van der Waals surface area contributed by atoms with Crippen molar-refractivity contribution in [3.05, 3.63) is 34.3 Å². The molecule has 0 saturated carbocycles. The standard InChI is InChI=1S/C10H14ClN/c1-8-4-5-10(11)9(7-8)3-2-6-12/h4-5,7H,2-3,6,12H2,1H3. The van der Waals surface area contributed by atoms with Gasteiger partial charge in [0.25, 0.3) is 0 Å². The molecule has 0 heterocycles. The summed E-state index contributed by atoms with van der Waals surface area (Å²) in [7, 11) is 0. The minimum absolute atomic E-state index is 0.726. The van der Waals surface area contributed by atoms with E-state index >= 15 is 0 Å². The molecule has 0 unspecified atom stereocenters. The van der Waals surface area contributed by atoms with Crippen molar-refractivity contribution in [3.8, 4) is 0 Å². The van der Waals surface area contributed by atoms with Gasteiger partial charge in [-0.05, 0) is 37.9 Å². The van der Waals surface area contributed by atoms with Crippen LogP contribution in [0.4, 0.5) is 0 Å². The van der Waals surface area contributed by atoms with Crippen LogP contribution in [0, 0.1) is 6.92 Å². The molecule has 0 amide bonds. The molecule has 0 atom stereocenters. The number of hydrogen-bond acceptors (Lipinski definition) is 1. The topological polar surface area (TPSA) is 26.0 Å². The first-order valence-corrected chi connectivity index (χ1v) is 4.57. The normalized spacial score (nSPS) is 10.2. The third-order valence-corrected chi connectivity index (χ3v) is 2.22. The van der Waals surface area contributed by atoms with Gasteiger partial charge in [-0.15, -0.1) is 0 Å². The molecule has 0 aliphatic carbocycles. The van der Waals surface area contributed by atoms with Gasteiger partial charge in [-0.1, -0.05) is 29.3 Å². The molecule has 2 N–H and O–H groups in total. The second kappa shape index (κ2) is 4.48. The predicted octanol–water partition coefficient (Wildman–Crippen LogP) is 2.54. The average molecular weight is 184 g/mol. The van der Waals surface area contributed by atoms with Crippen LogP contribution in [0.25, 0.3) is 0 Å². The third-order valence-electron chi connectivity index (χ3n) is 1.85. The van der Waals surface area contributed by atoms with Crippen LogP contribution >= 0.6 is 11.6 Å². The number of nitrogens with two attached hydrogens (primary N) is 1. The molecule has 0 aliphatic rings. The molecule has 12 heavy (non-hydrogen) atoms. The summed E-state index contributed by atoms with van der Waals surface area (Å²) in [5, 5.41) is 0.856. The van der Waals surface area contributed by atoms with E-state index in [4.69, 9.17) is 17.3 Å².